The van der Waals surface area contributed by atoms with Crippen LogP contribution in [-0.4, -0.2) is 0 Å². The second-order valence-electron chi connectivity index (χ2n) is 3.85. The van der Waals surface area contributed by atoms with Crippen LogP contribution in [0.1, 0.15) is 16.0 Å². The van der Waals surface area contributed by atoms with E-state index in [1.165, 1.54) is 6.07 Å². The normalized spacial score (nSPS) is 12.5. The zero-order valence-electron chi connectivity index (χ0n) is 9.23. The van der Waals surface area contributed by atoms with Gasteiger partial charge in [0, 0.05) is 20.1 Å². The molecule has 2 rings (SSSR count). The molecule has 2 aromatic rings. The number of halogens is 6. The molecule has 0 N–H and O–H groups in total. The van der Waals surface area contributed by atoms with E-state index in [2.05, 4.69) is 31.9 Å². The van der Waals surface area contributed by atoms with Crippen LogP contribution in [0, 0.1) is 5.82 Å². The van der Waals surface area contributed by atoms with Crippen molar-refractivity contribution < 1.29 is 4.39 Å². The van der Waals surface area contributed by atoms with E-state index < -0.39 is 0 Å². The van der Waals surface area contributed by atoms with E-state index in [4.69, 9.17) is 34.8 Å². The Bertz CT molecular complexity index is 611. The summed E-state index contributed by atoms with van der Waals surface area (Å²) in [4.78, 5) is -0.380. The Kier molecular flexibility index (Phi) is 5.18. The van der Waals surface area contributed by atoms with E-state index in [9.17, 15) is 4.39 Å². The number of rotatable bonds is 2. The smallest absolute Gasteiger partial charge is 0.129 e. The van der Waals surface area contributed by atoms with Gasteiger partial charge in [-0.2, -0.15) is 0 Å². The molecule has 2 aromatic carbocycles. The topological polar surface area (TPSA) is 0 Å². The van der Waals surface area contributed by atoms with Crippen LogP contribution >= 0.6 is 66.7 Å². The fourth-order valence-corrected chi connectivity index (χ4v) is 3.28. The largest absolute Gasteiger partial charge is 0.207 e. The van der Waals surface area contributed by atoms with Crippen molar-refractivity contribution in [2.75, 3.05) is 0 Å². The molecule has 0 amide bonds. The SMILES string of the molecule is Fc1cc(Br)c(Cl)cc1C(Br)c1cc(Cl)cc(Cl)c1. The molecule has 0 spiro atoms. The average Bonchev–Trinajstić information content (AvgIpc) is 2.31. The molecule has 0 aliphatic carbocycles. The Hall–Kier alpha value is 0.200. The summed E-state index contributed by atoms with van der Waals surface area (Å²) in [5.41, 5.74) is 1.18. The van der Waals surface area contributed by atoms with Crippen molar-refractivity contribution in [1.29, 1.82) is 0 Å². The lowest BCUT2D eigenvalue weighted by Crippen LogP contribution is -1.97. The highest BCUT2D eigenvalue weighted by atomic mass is 79.9. The third-order valence-corrected chi connectivity index (χ3v) is 5.15. The molecule has 0 nitrogen and oxygen atoms in total. The molecule has 100 valence electrons. The fraction of sp³-hybridized carbons (Fsp3) is 0.0769. The fourth-order valence-electron chi connectivity index (χ4n) is 1.63. The van der Waals surface area contributed by atoms with Crippen LogP contribution in [-0.2, 0) is 0 Å². The first-order valence-electron chi connectivity index (χ1n) is 5.13. The third-order valence-electron chi connectivity index (χ3n) is 2.49. The first-order chi connectivity index (χ1) is 8.88. The standard InChI is InChI=1S/C13H6Br2Cl3F/c14-10-5-12(19)9(4-11(10)18)13(15)6-1-7(16)3-8(17)2-6/h1-5,13H. The summed E-state index contributed by atoms with van der Waals surface area (Å²) in [5.74, 6) is -0.366. The van der Waals surface area contributed by atoms with Gasteiger partial charge in [-0.25, -0.2) is 4.39 Å². The van der Waals surface area contributed by atoms with Gasteiger partial charge in [-0.3, -0.25) is 0 Å². The lowest BCUT2D eigenvalue weighted by atomic mass is 10.0. The predicted molar refractivity (Wildman–Crippen MR) is 86.3 cm³/mol. The number of alkyl halides is 1. The molecule has 19 heavy (non-hydrogen) atoms. The van der Waals surface area contributed by atoms with Crippen molar-refractivity contribution >= 4 is 66.7 Å². The van der Waals surface area contributed by atoms with Crippen molar-refractivity contribution in [2.24, 2.45) is 0 Å². The number of hydrogen-bond donors (Lipinski definition) is 0. The summed E-state index contributed by atoms with van der Waals surface area (Å²) < 4.78 is 14.5. The first-order valence-corrected chi connectivity index (χ1v) is 7.97. The predicted octanol–water partition coefficient (Wildman–Crippen LogP) is 7.03. The van der Waals surface area contributed by atoms with Gasteiger partial charge in [-0.15, -0.1) is 0 Å². The summed E-state index contributed by atoms with van der Waals surface area (Å²) in [6.45, 7) is 0. The number of benzene rings is 2. The maximum Gasteiger partial charge on any atom is 0.129 e. The van der Waals surface area contributed by atoms with Crippen molar-refractivity contribution in [3.8, 4) is 0 Å². The van der Waals surface area contributed by atoms with E-state index in [-0.39, 0.29) is 10.6 Å². The van der Waals surface area contributed by atoms with E-state index in [1.54, 1.807) is 24.3 Å². The zero-order chi connectivity index (χ0) is 14.2. The van der Waals surface area contributed by atoms with Gasteiger partial charge in [-0.1, -0.05) is 50.7 Å². The van der Waals surface area contributed by atoms with Gasteiger partial charge in [-0.05, 0) is 51.8 Å². The summed E-state index contributed by atoms with van der Waals surface area (Å²) in [7, 11) is 0. The highest BCUT2D eigenvalue weighted by Crippen LogP contribution is 2.38. The van der Waals surface area contributed by atoms with Crippen LogP contribution in [0.2, 0.25) is 15.1 Å². The number of hydrogen-bond acceptors (Lipinski definition) is 0. The molecule has 0 aliphatic heterocycles. The van der Waals surface area contributed by atoms with E-state index in [1.807, 2.05) is 0 Å². The molecule has 0 aliphatic rings. The molecule has 0 fully saturated rings. The lowest BCUT2D eigenvalue weighted by molar-refractivity contribution is 0.612. The van der Waals surface area contributed by atoms with E-state index in [0.717, 1.165) is 5.56 Å². The molecular weight excluding hydrogens is 441 g/mol. The molecule has 1 atom stereocenters. The van der Waals surface area contributed by atoms with Gasteiger partial charge >= 0.3 is 0 Å². The van der Waals surface area contributed by atoms with Crippen LogP contribution in [0.3, 0.4) is 0 Å². The van der Waals surface area contributed by atoms with Crippen molar-refractivity contribution in [2.45, 2.75) is 4.83 Å². The Balaban J connectivity index is 2.49. The Morgan fingerprint density at radius 1 is 0.947 bits per heavy atom. The van der Waals surface area contributed by atoms with E-state index >= 15 is 0 Å². The average molecular weight is 447 g/mol. The molecular formula is C13H6Br2Cl3F. The second-order valence-corrected chi connectivity index (χ2v) is 6.90. The molecule has 1 unspecified atom stereocenters. The Labute approximate surface area is 142 Å². The van der Waals surface area contributed by atoms with Crippen molar-refractivity contribution in [1.82, 2.24) is 0 Å². The van der Waals surface area contributed by atoms with Crippen LogP contribution in [0.4, 0.5) is 4.39 Å². The van der Waals surface area contributed by atoms with Gasteiger partial charge < -0.3 is 0 Å². The van der Waals surface area contributed by atoms with Gasteiger partial charge in [0.1, 0.15) is 5.82 Å². The highest BCUT2D eigenvalue weighted by molar-refractivity contribution is 9.10. The summed E-state index contributed by atoms with van der Waals surface area (Å²) in [6, 6.07) is 7.97. The lowest BCUT2D eigenvalue weighted by Gasteiger charge is -2.14. The maximum absolute atomic E-state index is 14.0. The Morgan fingerprint density at radius 3 is 2.11 bits per heavy atom. The molecule has 0 radical (unpaired) electrons. The molecule has 0 bridgehead atoms. The Morgan fingerprint density at radius 2 is 1.53 bits per heavy atom. The molecule has 0 saturated heterocycles. The van der Waals surface area contributed by atoms with Crippen molar-refractivity contribution in [3.63, 3.8) is 0 Å². The molecule has 0 saturated carbocycles. The summed E-state index contributed by atoms with van der Waals surface area (Å²) in [5, 5.41) is 1.43. The van der Waals surface area contributed by atoms with Crippen LogP contribution in [0.5, 0.6) is 0 Å². The van der Waals surface area contributed by atoms with Crippen LogP contribution in [0.25, 0.3) is 0 Å². The minimum atomic E-state index is -0.380. The minimum absolute atomic E-state index is 0.366. The first kappa shape index (κ1) is 15.6. The minimum Gasteiger partial charge on any atom is -0.207 e. The molecule has 6 heteroatoms. The zero-order valence-corrected chi connectivity index (χ0v) is 14.7. The molecule has 0 aromatic heterocycles. The monoisotopic (exact) mass is 444 g/mol. The van der Waals surface area contributed by atoms with Gasteiger partial charge in [0.25, 0.3) is 0 Å². The van der Waals surface area contributed by atoms with Crippen LogP contribution in [0.15, 0.2) is 34.8 Å². The highest BCUT2D eigenvalue weighted by Gasteiger charge is 2.17. The quantitative estimate of drug-likeness (QED) is 0.342. The van der Waals surface area contributed by atoms with E-state index in [0.29, 0.717) is 25.1 Å². The maximum atomic E-state index is 14.0. The third kappa shape index (κ3) is 3.64. The van der Waals surface area contributed by atoms with Gasteiger partial charge in [0.05, 0.1) is 9.85 Å². The van der Waals surface area contributed by atoms with Crippen molar-refractivity contribution in [3.05, 3.63) is 66.8 Å². The summed E-state index contributed by atoms with van der Waals surface area (Å²) in [6.07, 6.45) is 0. The summed E-state index contributed by atoms with van der Waals surface area (Å²) >= 11 is 24.5. The van der Waals surface area contributed by atoms with Crippen LogP contribution < -0.4 is 0 Å². The van der Waals surface area contributed by atoms with Gasteiger partial charge in [0.2, 0.25) is 0 Å². The van der Waals surface area contributed by atoms with Gasteiger partial charge in [0.15, 0.2) is 0 Å². The second kappa shape index (κ2) is 6.31. The molecule has 0 heterocycles.